The lowest BCUT2D eigenvalue weighted by molar-refractivity contribution is -0.390. The number of esters is 1. The summed E-state index contributed by atoms with van der Waals surface area (Å²) < 4.78 is 126. The Hall–Kier alpha value is -1.97. The maximum absolute atomic E-state index is 13.4. The van der Waals surface area contributed by atoms with Gasteiger partial charge in [0.2, 0.25) is 0 Å². The summed E-state index contributed by atoms with van der Waals surface area (Å²) in [4.78, 5) is 24.0. The van der Waals surface area contributed by atoms with Gasteiger partial charge in [-0.2, -0.15) is 39.5 Å². The summed E-state index contributed by atoms with van der Waals surface area (Å²) in [6.07, 6.45) is -21.1. The minimum atomic E-state index is -6.31. The maximum atomic E-state index is 13.4. The molecule has 0 aromatic carbocycles. The average molecular weight is 562 g/mol. The lowest BCUT2D eigenvalue weighted by atomic mass is 9.65. The van der Waals surface area contributed by atoms with Gasteiger partial charge in [-0.05, 0) is 52.4 Å². The fourth-order valence-corrected chi connectivity index (χ4v) is 3.98. The highest BCUT2D eigenvalue weighted by Crippen LogP contribution is 2.54. The van der Waals surface area contributed by atoms with Crippen LogP contribution in [0.15, 0.2) is 0 Å². The molecule has 1 aliphatic carbocycles. The first kappa shape index (κ1) is 33.1. The number of nitrogens with one attached hydrogen (secondary N) is 2. The second kappa shape index (κ2) is 11.0. The normalized spacial score (nSPS) is 23.7. The van der Waals surface area contributed by atoms with Crippen LogP contribution in [-0.4, -0.2) is 71.1 Å². The van der Waals surface area contributed by atoms with Gasteiger partial charge in [0.1, 0.15) is 6.61 Å². The van der Waals surface area contributed by atoms with Gasteiger partial charge in [0.05, 0.1) is 12.0 Å². The van der Waals surface area contributed by atoms with E-state index in [1.807, 2.05) is 5.32 Å². The van der Waals surface area contributed by atoms with Gasteiger partial charge in [0.25, 0.3) is 5.60 Å². The smallest absolute Gasteiger partial charge is 0.426 e. The van der Waals surface area contributed by atoms with Crippen molar-refractivity contribution < 1.29 is 64.1 Å². The Morgan fingerprint density at radius 1 is 0.838 bits per heavy atom. The molecule has 0 aromatic heterocycles. The van der Waals surface area contributed by atoms with Crippen molar-refractivity contribution >= 4 is 12.0 Å². The van der Waals surface area contributed by atoms with Crippen LogP contribution in [0.2, 0.25) is 0 Å². The van der Waals surface area contributed by atoms with Crippen molar-refractivity contribution in [2.45, 2.75) is 89.2 Å². The molecular formula is C21H31F9N2O5. The van der Waals surface area contributed by atoms with E-state index in [0.29, 0.717) is 6.42 Å². The number of alkyl halides is 9. The van der Waals surface area contributed by atoms with Crippen molar-refractivity contribution in [3.63, 3.8) is 0 Å². The summed E-state index contributed by atoms with van der Waals surface area (Å²) in [7, 11) is 0. The molecule has 16 heteroatoms. The van der Waals surface area contributed by atoms with Crippen LogP contribution in [0.5, 0.6) is 0 Å². The number of carbonyl (C=O) groups excluding carboxylic acids is 2. The molecule has 0 radical (unpaired) electrons. The van der Waals surface area contributed by atoms with Crippen LogP contribution in [0, 0.1) is 17.3 Å². The highest BCUT2D eigenvalue weighted by Gasteiger charge is 2.74. The number of rotatable bonds is 8. The van der Waals surface area contributed by atoms with Crippen molar-refractivity contribution in [2.24, 2.45) is 17.3 Å². The van der Waals surface area contributed by atoms with Crippen LogP contribution in [0.4, 0.5) is 44.3 Å². The third kappa shape index (κ3) is 7.33. The van der Waals surface area contributed by atoms with Gasteiger partial charge in [-0.25, -0.2) is 4.79 Å². The molecule has 1 aliphatic rings. The molecule has 1 fully saturated rings. The largest absolute Gasteiger partial charge is 0.463 e. The highest BCUT2D eigenvalue weighted by atomic mass is 19.4. The molecule has 218 valence electrons. The zero-order valence-corrected chi connectivity index (χ0v) is 20.5. The molecule has 7 nitrogen and oxygen atoms in total. The summed E-state index contributed by atoms with van der Waals surface area (Å²) in [5.74, 6) is -5.70. The number of urea groups is 1. The van der Waals surface area contributed by atoms with Crippen LogP contribution in [-0.2, 0) is 9.53 Å². The van der Waals surface area contributed by atoms with E-state index >= 15 is 0 Å². The Labute approximate surface area is 207 Å². The van der Waals surface area contributed by atoms with Crippen LogP contribution >= 0.6 is 0 Å². The van der Waals surface area contributed by atoms with E-state index in [0.717, 1.165) is 0 Å². The standard InChI is InChI=1S/C21H31F9N2O5/c1-5-16(2,3)14(33)37-7-6-31-15(34)32-13-9-11(17(4,35)19(22,23)24)8-12(10-13)18(36,20(25,26)27)21(28,29)30/h11-13,35-36H,5-10H2,1-4H3,(H2,31,32,34). The summed E-state index contributed by atoms with van der Waals surface area (Å²) >= 11 is 0. The molecule has 1 saturated carbocycles. The first-order chi connectivity index (χ1) is 16.4. The molecule has 0 heterocycles. The number of hydrogen-bond donors (Lipinski definition) is 4. The number of hydrogen-bond acceptors (Lipinski definition) is 5. The Bertz CT molecular complexity index is 796. The summed E-state index contributed by atoms with van der Waals surface area (Å²) in [5.41, 5.74) is -9.94. The lowest BCUT2D eigenvalue weighted by Crippen LogP contribution is -2.65. The fourth-order valence-electron chi connectivity index (χ4n) is 3.98. The molecule has 4 unspecified atom stereocenters. The zero-order valence-electron chi connectivity index (χ0n) is 20.5. The van der Waals surface area contributed by atoms with E-state index in [4.69, 9.17) is 4.74 Å². The monoisotopic (exact) mass is 562 g/mol. The maximum Gasteiger partial charge on any atom is 0.426 e. The van der Waals surface area contributed by atoms with Gasteiger partial charge < -0.3 is 25.6 Å². The fraction of sp³-hybridized carbons (Fsp3) is 0.905. The Kier molecular flexibility index (Phi) is 9.85. The molecule has 0 aromatic rings. The number of halogens is 9. The third-order valence-electron chi connectivity index (χ3n) is 6.92. The highest BCUT2D eigenvalue weighted by molar-refractivity contribution is 5.76. The SMILES string of the molecule is CCC(C)(C)C(=O)OCCNC(=O)NC1CC(C(C)(O)C(F)(F)F)CC(C(O)(C(F)(F)F)C(F)(F)F)C1. The molecule has 0 saturated heterocycles. The first-order valence-electron chi connectivity index (χ1n) is 11.3. The van der Waals surface area contributed by atoms with E-state index in [1.165, 1.54) is 0 Å². The quantitative estimate of drug-likeness (QED) is 0.201. The molecule has 0 spiro atoms. The van der Waals surface area contributed by atoms with Crippen molar-refractivity contribution in [1.82, 2.24) is 10.6 Å². The second-order valence-electron chi connectivity index (χ2n) is 9.98. The predicted molar refractivity (Wildman–Crippen MR) is 110 cm³/mol. The van der Waals surface area contributed by atoms with Crippen LogP contribution in [0.3, 0.4) is 0 Å². The van der Waals surface area contributed by atoms with Gasteiger partial charge in [0, 0.05) is 12.0 Å². The summed E-state index contributed by atoms with van der Waals surface area (Å²) in [5, 5.41) is 23.9. The van der Waals surface area contributed by atoms with E-state index in [9.17, 15) is 59.3 Å². The number of carbonyl (C=O) groups is 2. The first-order valence-corrected chi connectivity index (χ1v) is 11.3. The van der Waals surface area contributed by atoms with Crippen molar-refractivity contribution in [2.75, 3.05) is 13.2 Å². The minimum absolute atomic E-state index is 0.198. The number of aliphatic hydroxyl groups is 2. The van der Waals surface area contributed by atoms with Gasteiger partial charge in [-0.15, -0.1) is 0 Å². The molecule has 4 atom stereocenters. The Morgan fingerprint density at radius 2 is 1.32 bits per heavy atom. The van der Waals surface area contributed by atoms with Gasteiger partial charge in [-0.1, -0.05) is 6.92 Å². The second-order valence-corrected chi connectivity index (χ2v) is 9.98. The van der Waals surface area contributed by atoms with Gasteiger partial charge >= 0.3 is 30.5 Å². The van der Waals surface area contributed by atoms with E-state index in [-0.39, 0.29) is 20.1 Å². The van der Waals surface area contributed by atoms with Crippen LogP contribution in [0.25, 0.3) is 0 Å². The van der Waals surface area contributed by atoms with Crippen molar-refractivity contribution in [1.29, 1.82) is 0 Å². The molecular weight excluding hydrogens is 531 g/mol. The van der Waals surface area contributed by atoms with Gasteiger partial charge in [0.15, 0.2) is 5.60 Å². The molecule has 2 amide bonds. The molecule has 37 heavy (non-hydrogen) atoms. The minimum Gasteiger partial charge on any atom is -0.463 e. The Morgan fingerprint density at radius 3 is 1.76 bits per heavy atom. The van der Waals surface area contributed by atoms with Gasteiger partial charge in [-0.3, -0.25) is 4.79 Å². The van der Waals surface area contributed by atoms with E-state index < -0.39 is 84.3 Å². The van der Waals surface area contributed by atoms with E-state index in [1.54, 1.807) is 20.8 Å². The van der Waals surface area contributed by atoms with E-state index in [2.05, 4.69) is 5.32 Å². The van der Waals surface area contributed by atoms with Crippen LogP contribution < -0.4 is 10.6 Å². The number of ether oxygens (including phenoxy) is 1. The topological polar surface area (TPSA) is 108 Å². The lowest BCUT2D eigenvalue weighted by Gasteiger charge is -2.47. The molecule has 0 aliphatic heterocycles. The van der Waals surface area contributed by atoms with Crippen LogP contribution in [0.1, 0.15) is 53.4 Å². The van der Waals surface area contributed by atoms with Crippen molar-refractivity contribution in [3.8, 4) is 0 Å². The molecule has 1 rings (SSSR count). The number of amides is 2. The molecule has 0 bridgehead atoms. The molecule has 4 N–H and O–H groups in total. The third-order valence-corrected chi connectivity index (χ3v) is 6.92. The average Bonchev–Trinajstić information content (AvgIpc) is 2.73. The summed E-state index contributed by atoms with van der Waals surface area (Å²) in [6.45, 7) is 4.47. The zero-order chi connectivity index (χ0) is 29.3. The van der Waals surface area contributed by atoms with Crippen molar-refractivity contribution in [3.05, 3.63) is 0 Å². The predicted octanol–water partition coefficient (Wildman–Crippen LogP) is 4.22. The summed E-state index contributed by atoms with van der Waals surface area (Å²) in [6, 6.07) is -2.89. The Balaban J connectivity index is 3.09.